The molecule has 0 spiro atoms. The summed E-state index contributed by atoms with van der Waals surface area (Å²) in [6, 6.07) is 8.39. The summed E-state index contributed by atoms with van der Waals surface area (Å²) in [5, 5.41) is 14.7. The third-order valence-electron chi connectivity index (χ3n) is 4.64. The predicted molar refractivity (Wildman–Crippen MR) is 118 cm³/mol. The summed E-state index contributed by atoms with van der Waals surface area (Å²) in [5.41, 5.74) is 2.43. The van der Waals surface area contributed by atoms with Crippen molar-refractivity contribution in [3.63, 3.8) is 0 Å². The average Bonchev–Trinajstić information content (AvgIpc) is 3.39. The zero-order chi connectivity index (χ0) is 23.5. The highest BCUT2D eigenvalue weighted by Crippen LogP contribution is 2.18. The normalized spacial score (nSPS) is 11.7. The number of hydrazone groups is 1. The lowest BCUT2D eigenvalue weighted by Crippen LogP contribution is -2.29. The van der Waals surface area contributed by atoms with Crippen molar-refractivity contribution in [2.75, 3.05) is 5.43 Å². The number of benzene rings is 1. The van der Waals surface area contributed by atoms with Gasteiger partial charge in [-0.25, -0.2) is 14.6 Å². The van der Waals surface area contributed by atoms with Gasteiger partial charge in [0.1, 0.15) is 16.5 Å². The first-order valence-electron chi connectivity index (χ1n) is 9.47. The molecule has 13 heteroatoms. The second-order valence-corrected chi connectivity index (χ2v) is 6.82. The Kier molecular flexibility index (Phi) is 5.67. The SMILES string of the molecule is Cn1c(=O)[nH]c(=O)c2c1nc(N/N=C\C=C\c1ccc([N+](=O)[O-])o1)n2Cc1ccc(F)cc1. The van der Waals surface area contributed by atoms with Crippen molar-refractivity contribution in [3.05, 3.63) is 90.6 Å². The van der Waals surface area contributed by atoms with Crippen LogP contribution in [0, 0.1) is 15.9 Å². The zero-order valence-corrected chi connectivity index (χ0v) is 17.1. The van der Waals surface area contributed by atoms with Gasteiger partial charge in [-0.3, -0.25) is 29.0 Å². The topological polar surface area (TPSA) is 153 Å². The number of nitrogens with zero attached hydrogens (tertiary/aromatic N) is 5. The van der Waals surface area contributed by atoms with Crippen LogP contribution < -0.4 is 16.7 Å². The summed E-state index contributed by atoms with van der Waals surface area (Å²) in [7, 11) is 1.47. The number of nitro groups is 1. The number of halogens is 1. The van der Waals surface area contributed by atoms with Crippen LogP contribution in [0.1, 0.15) is 11.3 Å². The molecule has 0 amide bonds. The summed E-state index contributed by atoms with van der Waals surface area (Å²) in [6.45, 7) is 0.155. The van der Waals surface area contributed by atoms with Gasteiger partial charge in [-0.1, -0.05) is 12.1 Å². The van der Waals surface area contributed by atoms with Crippen LogP contribution in [0.3, 0.4) is 0 Å². The van der Waals surface area contributed by atoms with Gasteiger partial charge >= 0.3 is 11.6 Å². The standard InChI is InChI=1S/C20H16FN7O5/c1-26-17-16(18(29)24-20(26)30)27(11-12-4-6-13(21)7-5-12)19(23-17)25-22-10-2-3-14-8-9-15(33-14)28(31)32/h2-10H,11H2,1H3,(H,23,25)(H,24,29,30)/b3-2+,22-10-. The maximum absolute atomic E-state index is 13.3. The van der Waals surface area contributed by atoms with Crippen LogP contribution >= 0.6 is 0 Å². The number of allylic oxidation sites excluding steroid dienone is 1. The van der Waals surface area contributed by atoms with Crippen molar-refractivity contribution in [2.24, 2.45) is 12.1 Å². The minimum Gasteiger partial charge on any atom is -0.401 e. The number of rotatable bonds is 7. The molecule has 3 heterocycles. The number of hydrogen-bond acceptors (Lipinski definition) is 8. The fourth-order valence-electron chi connectivity index (χ4n) is 3.05. The van der Waals surface area contributed by atoms with Crippen LogP contribution in [0.5, 0.6) is 0 Å². The van der Waals surface area contributed by atoms with E-state index in [4.69, 9.17) is 4.42 Å². The van der Waals surface area contributed by atoms with Crippen molar-refractivity contribution >= 4 is 35.3 Å². The van der Waals surface area contributed by atoms with Gasteiger partial charge in [0.25, 0.3) is 5.56 Å². The number of anilines is 1. The molecule has 12 nitrogen and oxygen atoms in total. The Labute approximate surface area is 183 Å². The number of hydrogen-bond donors (Lipinski definition) is 2. The van der Waals surface area contributed by atoms with Gasteiger partial charge < -0.3 is 4.42 Å². The van der Waals surface area contributed by atoms with Gasteiger partial charge in [0.2, 0.25) is 5.95 Å². The molecular formula is C20H16FN7O5. The molecule has 0 unspecified atom stereocenters. The fraction of sp³-hybridized carbons (Fsp3) is 0.100. The minimum atomic E-state index is -0.645. The molecule has 4 rings (SSSR count). The number of H-pyrrole nitrogens is 1. The van der Waals surface area contributed by atoms with E-state index in [2.05, 4.69) is 20.5 Å². The van der Waals surface area contributed by atoms with Gasteiger partial charge in [-0.05, 0) is 35.9 Å². The Morgan fingerprint density at radius 2 is 2.03 bits per heavy atom. The first-order chi connectivity index (χ1) is 15.8. The maximum Gasteiger partial charge on any atom is 0.433 e. The van der Waals surface area contributed by atoms with E-state index in [1.54, 1.807) is 12.1 Å². The molecule has 3 aromatic heterocycles. The summed E-state index contributed by atoms with van der Waals surface area (Å²) in [5.74, 6) is -0.348. The number of nitrogens with one attached hydrogen (secondary N) is 2. The van der Waals surface area contributed by atoms with Crippen LogP contribution in [0.2, 0.25) is 0 Å². The molecule has 0 atom stereocenters. The van der Waals surface area contributed by atoms with Gasteiger partial charge in [0.05, 0.1) is 12.6 Å². The van der Waals surface area contributed by atoms with Crippen LogP contribution in [0.15, 0.2) is 61.6 Å². The molecule has 0 saturated heterocycles. The number of aromatic nitrogens is 4. The molecule has 0 aliphatic carbocycles. The number of imidazole rings is 1. The third kappa shape index (κ3) is 4.46. The van der Waals surface area contributed by atoms with Gasteiger partial charge in [-0.2, -0.15) is 10.1 Å². The van der Waals surface area contributed by atoms with Crippen molar-refractivity contribution in [1.82, 2.24) is 19.1 Å². The van der Waals surface area contributed by atoms with Crippen LogP contribution in [0.4, 0.5) is 16.2 Å². The molecule has 2 N–H and O–H groups in total. The average molecular weight is 453 g/mol. The molecular weight excluding hydrogens is 437 g/mol. The third-order valence-corrected chi connectivity index (χ3v) is 4.64. The van der Waals surface area contributed by atoms with Crippen molar-refractivity contribution in [3.8, 4) is 0 Å². The quantitative estimate of drug-likeness (QED) is 0.247. The smallest absolute Gasteiger partial charge is 0.401 e. The summed E-state index contributed by atoms with van der Waals surface area (Å²) >= 11 is 0. The molecule has 0 bridgehead atoms. The summed E-state index contributed by atoms with van der Waals surface area (Å²) in [6.07, 6.45) is 4.29. The molecule has 0 saturated carbocycles. The Morgan fingerprint density at radius 1 is 1.27 bits per heavy atom. The summed E-state index contributed by atoms with van der Waals surface area (Å²) < 4.78 is 21.0. The molecule has 4 aromatic rings. The highest BCUT2D eigenvalue weighted by molar-refractivity contribution is 5.79. The van der Waals surface area contributed by atoms with E-state index in [0.29, 0.717) is 5.56 Å². The van der Waals surface area contributed by atoms with Gasteiger partial charge in [-0.15, -0.1) is 0 Å². The Bertz CT molecular complexity index is 1510. The largest absolute Gasteiger partial charge is 0.433 e. The first kappa shape index (κ1) is 21.4. The predicted octanol–water partition coefficient (Wildman–Crippen LogP) is 2.22. The molecule has 1 aromatic carbocycles. The minimum absolute atomic E-state index is 0.137. The Morgan fingerprint density at radius 3 is 2.73 bits per heavy atom. The van der Waals surface area contributed by atoms with Crippen LogP contribution in [0.25, 0.3) is 17.2 Å². The lowest BCUT2D eigenvalue weighted by Gasteiger charge is -2.08. The zero-order valence-electron chi connectivity index (χ0n) is 17.1. The van der Waals surface area contributed by atoms with E-state index >= 15 is 0 Å². The van der Waals surface area contributed by atoms with E-state index in [0.717, 1.165) is 0 Å². The van der Waals surface area contributed by atoms with Crippen LogP contribution in [-0.4, -0.2) is 30.2 Å². The van der Waals surface area contributed by atoms with Crippen molar-refractivity contribution in [2.45, 2.75) is 6.54 Å². The van der Waals surface area contributed by atoms with E-state index in [9.17, 15) is 24.1 Å². The maximum atomic E-state index is 13.3. The van der Waals surface area contributed by atoms with Crippen molar-refractivity contribution < 1.29 is 13.7 Å². The molecule has 33 heavy (non-hydrogen) atoms. The van der Waals surface area contributed by atoms with Gasteiger partial charge in [0.15, 0.2) is 11.2 Å². The molecule has 0 aliphatic heterocycles. The Balaban J connectivity index is 1.64. The fourth-order valence-corrected chi connectivity index (χ4v) is 3.05. The van der Waals surface area contributed by atoms with E-state index in [1.807, 2.05) is 0 Å². The second-order valence-electron chi connectivity index (χ2n) is 6.82. The van der Waals surface area contributed by atoms with Crippen LogP contribution in [-0.2, 0) is 13.6 Å². The molecule has 0 fully saturated rings. The first-order valence-corrected chi connectivity index (χ1v) is 9.47. The number of furan rings is 1. The Hall–Kier alpha value is -4.81. The monoisotopic (exact) mass is 453 g/mol. The highest BCUT2D eigenvalue weighted by atomic mass is 19.1. The van der Waals surface area contributed by atoms with E-state index in [1.165, 1.54) is 58.8 Å². The number of fused-ring (bicyclic) bond motifs is 1. The highest BCUT2D eigenvalue weighted by Gasteiger charge is 2.17. The number of aryl methyl sites for hydroxylation is 1. The molecule has 168 valence electrons. The second kappa shape index (κ2) is 8.74. The number of aromatic amines is 1. The van der Waals surface area contributed by atoms with Gasteiger partial charge in [0, 0.05) is 13.3 Å². The van der Waals surface area contributed by atoms with Crippen molar-refractivity contribution in [1.29, 1.82) is 0 Å². The lowest BCUT2D eigenvalue weighted by molar-refractivity contribution is -0.402. The molecule has 0 radical (unpaired) electrons. The van der Waals surface area contributed by atoms with E-state index < -0.39 is 22.0 Å². The summed E-state index contributed by atoms with van der Waals surface area (Å²) in [4.78, 5) is 41.0. The lowest BCUT2D eigenvalue weighted by atomic mass is 10.2. The molecule has 0 aliphatic rings. The van der Waals surface area contributed by atoms with E-state index in [-0.39, 0.29) is 35.3 Å².